The molecule has 2 heterocycles. The third-order valence-corrected chi connectivity index (χ3v) is 2.18. The monoisotopic (exact) mass is 251 g/mol. The number of nitrogens with zero attached hydrogens (tertiary/aromatic N) is 5. The van der Waals surface area contributed by atoms with Crippen molar-refractivity contribution in [1.82, 2.24) is 30.5 Å². The van der Waals surface area contributed by atoms with Crippen LogP contribution in [0.1, 0.15) is 11.5 Å². The summed E-state index contributed by atoms with van der Waals surface area (Å²) >= 11 is 0. The van der Waals surface area contributed by atoms with E-state index >= 15 is 0 Å². The molecule has 0 aliphatic carbocycles. The Labute approximate surface area is 102 Å². The highest BCUT2D eigenvalue weighted by Crippen LogP contribution is 1.91. The minimum Gasteiger partial charge on any atom is -0.354 e. The molecule has 9 nitrogen and oxygen atoms in total. The molecule has 9 heteroatoms. The number of carbonyl (C=O) groups excluding carboxylic acids is 1. The Kier molecular flexibility index (Phi) is 3.97. The third-order valence-electron chi connectivity index (χ3n) is 2.18. The maximum Gasteiger partial charge on any atom is 0.241 e. The summed E-state index contributed by atoms with van der Waals surface area (Å²) in [6, 6.07) is 0. The van der Waals surface area contributed by atoms with E-state index in [9.17, 15) is 4.79 Å². The molecule has 0 spiro atoms. The first kappa shape index (κ1) is 12.2. The van der Waals surface area contributed by atoms with E-state index < -0.39 is 0 Å². The molecule has 2 aromatic rings. The maximum atomic E-state index is 11.5. The second-order valence-corrected chi connectivity index (χ2v) is 3.56. The van der Waals surface area contributed by atoms with Gasteiger partial charge in [0.25, 0.3) is 0 Å². The molecule has 0 radical (unpaired) electrons. The number of amides is 1. The number of aromatic nitrogens is 5. The first-order valence-electron chi connectivity index (χ1n) is 5.39. The normalized spacial score (nSPS) is 10.5. The largest absolute Gasteiger partial charge is 0.354 e. The van der Waals surface area contributed by atoms with Crippen molar-refractivity contribution < 1.29 is 9.32 Å². The van der Waals surface area contributed by atoms with Gasteiger partial charge in [-0.2, -0.15) is 4.98 Å². The summed E-state index contributed by atoms with van der Waals surface area (Å²) in [5, 5.41) is 13.9. The van der Waals surface area contributed by atoms with Crippen LogP contribution in [0.3, 0.4) is 0 Å². The van der Waals surface area contributed by atoms with Crippen LogP contribution in [0.5, 0.6) is 0 Å². The number of carbonyl (C=O) groups is 1. The summed E-state index contributed by atoms with van der Waals surface area (Å²) in [5.41, 5.74) is 6.04. The lowest BCUT2D eigenvalue weighted by atomic mass is 10.4. The quantitative estimate of drug-likeness (QED) is 0.638. The highest BCUT2D eigenvalue weighted by Gasteiger charge is 2.05. The average Bonchev–Trinajstić information content (AvgIpc) is 3.00. The van der Waals surface area contributed by atoms with Crippen LogP contribution in [0.25, 0.3) is 0 Å². The number of nitrogens with one attached hydrogen (secondary N) is 1. The van der Waals surface area contributed by atoms with E-state index in [0.717, 1.165) is 0 Å². The predicted molar refractivity (Wildman–Crippen MR) is 58.9 cm³/mol. The zero-order valence-corrected chi connectivity index (χ0v) is 9.61. The molecule has 2 rings (SSSR count). The van der Waals surface area contributed by atoms with Gasteiger partial charge in [-0.25, -0.2) is 4.68 Å². The van der Waals surface area contributed by atoms with Gasteiger partial charge in [0.05, 0.1) is 11.9 Å². The van der Waals surface area contributed by atoms with E-state index in [0.29, 0.717) is 31.0 Å². The summed E-state index contributed by atoms with van der Waals surface area (Å²) in [6.07, 6.45) is 3.41. The number of rotatable bonds is 6. The summed E-state index contributed by atoms with van der Waals surface area (Å²) in [6.45, 7) is 0.857. The van der Waals surface area contributed by atoms with Gasteiger partial charge >= 0.3 is 0 Å². The van der Waals surface area contributed by atoms with Gasteiger partial charge in [0, 0.05) is 19.5 Å². The second-order valence-electron chi connectivity index (χ2n) is 3.56. The van der Waals surface area contributed by atoms with E-state index in [1.54, 1.807) is 6.20 Å². The topological polar surface area (TPSA) is 125 Å². The lowest BCUT2D eigenvalue weighted by Gasteiger charge is -2.02. The van der Waals surface area contributed by atoms with Crippen molar-refractivity contribution in [3.8, 4) is 0 Å². The van der Waals surface area contributed by atoms with Crippen molar-refractivity contribution in [3.63, 3.8) is 0 Å². The standard InChI is InChI=1S/C9H13N7O2/c10-3-7-4-16(15-13-7)5-9(17)11-2-1-8-12-6-18-14-8/h4,6H,1-3,5,10H2,(H,11,17). The number of hydrogen-bond donors (Lipinski definition) is 2. The summed E-state index contributed by atoms with van der Waals surface area (Å²) in [5.74, 6) is 0.397. The molecular formula is C9H13N7O2. The molecular weight excluding hydrogens is 238 g/mol. The molecule has 0 bridgehead atoms. The Morgan fingerprint density at radius 2 is 2.44 bits per heavy atom. The van der Waals surface area contributed by atoms with Crippen LogP contribution >= 0.6 is 0 Å². The van der Waals surface area contributed by atoms with Crippen LogP contribution in [-0.2, 0) is 24.3 Å². The fraction of sp³-hybridized carbons (Fsp3) is 0.444. The Balaban J connectivity index is 1.71. The Hall–Kier alpha value is -2.29. The Morgan fingerprint density at radius 3 is 3.11 bits per heavy atom. The zero-order chi connectivity index (χ0) is 12.8. The molecule has 2 aromatic heterocycles. The molecule has 18 heavy (non-hydrogen) atoms. The predicted octanol–water partition coefficient (Wildman–Crippen LogP) is -1.52. The highest BCUT2D eigenvalue weighted by atomic mass is 16.5. The highest BCUT2D eigenvalue weighted by molar-refractivity contribution is 5.75. The maximum absolute atomic E-state index is 11.5. The van der Waals surface area contributed by atoms with Gasteiger partial charge in [0.2, 0.25) is 12.3 Å². The smallest absolute Gasteiger partial charge is 0.241 e. The minimum atomic E-state index is -0.160. The Bertz CT molecular complexity index is 493. The van der Waals surface area contributed by atoms with Crippen molar-refractivity contribution in [2.75, 3.05) is 6.54 Å². The van der Waals surface area contributed by atoms with Crippen LogP contribution in [-0.4, -0.2) is 37.6 Å². The number of hydrogen-bond acceptors (Lipinski definition) is 7. The van der Waals surface area contributed by atoms with Crippen molar-refractivity contribution in [1.29, 1.82) is 0 Å². The van der Waals surface area contributed by atoms with Crippen molar-refractivity contribution in [3.05, 3.63) is 24.1 Å². The van der Waals surface area contributed by atoms with Crippen LogP contribution in [0.4, 0.5) is 0 Å². The fourth-order valence-electron chi connectivity index (χ4n) is 1.33. The van der Waals surface area contributed by atoms with Gasteiger partial charge in [-0.3, -0.25) is 4.79 Å². The van der Waals surface area contributed by atoms with E-state index in [1.807, 2.05) is 0 Å². The van der Waals surface area contributed by atoms with Gasteiger partial charge in [-0.05, 0) is 0 Å². The molecule has 0 aliphatic rings. The molecule has 96 valence electrons. The van der Waals surface area contributed by atoms with Crippen LogP contribution in [0.15, 0.2) is 17.1 Å². The van der Waals surface area contributed by atoms with E-state index in [4.69, 9.17) is 5.73 Å². The molecule has 0 fully saturated rings. The van der Waals surface area contributed by atoms with Gasteiger partial charge in [-0.15, -0.1) is 5.10 Å². The van der Waals surface area contributed by atoms with E-state index in [-0.39, 0.29) is 12.5 Å². The molecule has 0 atom stereocenters. The Morgan fingerprint density at radius 1 is 1.56 bits per heavy atom. The van der Waals surface area contributed by atoms with Gasteiger partial charge < -0.3 is 15.6 Å². The van der Waals surface area contributed by atoms with Crippen molar-refractivity contribution in [2.45, 2.75) is 19.5 Å². The molecule has 3 N–H and O–H groups in total. The lowest BCUT2D eigenvalue weighted by molar-refractivity contribution is -0.121. The first-order valence-corrected chi connectivity index (χ1v) is 5.39. The second kappa shape index (κ2) is 5.87. The van der Waals surface area contributed by atoms with Crippen LogP contribution in [0.2, 0.25) is 0 Å². The minimum absolute atomic E-state index is 0.110. The average molecular weight is 251 g/mol. The fourth-order valence-corrected chi connectivity index (χ4v) is 1.33. The van der Waals surface area contributed by atoms with Crippen molar-refractivity contribution >= 4 is 5.91 Å². The molecule has 0 unspecified atom stereocenters. The SMILES string of the molecule is NCc1cn(CC(=O)NCCc2ncon2)nn1. The van der Waals surface area contributed by atoms with Gasteiger partial charge in [0.15, 0.2) is 5.82 Å². The van der Waals surface area contributed by atoms with Crippen LogP contribution < -0.4 is 11.1 Å². The first-order chi connectivity index (χ1) is 8.78. The van der Waals surface area contributed by atoms with E-state index in [1.165, 1.54) is 11.1 Å². The molecule has 0 saturated heterocycles. The summed E-state index contributed by atoms with van der Waals surface area (Å²) < 4.78 is 6.01. The van der Waals surface area contributed by atoms with Crippen LogP contribution in [0, 0.1) is 0 Å². The molecule has 0 saturated carbocycles. The molecule has 0 aliphatic heterocycles. The summed E-state index contributed by atoms with van der Waals surface area (Å²) in [4.78, 5) is 15.4. The zero-order valence-electron chi connectivity index (χ0n) is 9.61. The third kappa shape index (κ3) is 3.35. The molecule has 1 amide bonds. The lowest BCUT2D eigenvalue weighted by Crippen LogP contribution is -2.29. The van der Waals surface area contributed by atoms with E-state index in [2.05, 4.69) is 30.3 Å². The summed E-state index contributed by atoms with van der Waals surface area (Å²) in [7, 11) is 0. The van der Waals surface area contributed by atoms with Crippen molar-refractivity contribution in [2.24, 2.45) is 5.73 Å². The number of nitrogens with two attached hydrogens (primary N) is 1. The van der Waals surface area contributed by atoms with Gasteiger partial charge in [0.1, 0.15) is 6.54 Å². The van der Waals surface area contributed by atoms with Gasteiger partial charge in [-0.1, -0.05) is 10.4 Å². The molecule has 0 aromatic carbocycles.